The highest BCUT2D eigenvalue weighted by atomic mass is 16.5. The SMILES string of the molecule is COCCN1C(=O)C(c2ccc(OC(C)C)cc2)=C(N2CCCC2)C1=O. The Hall–Kier alpha value is -2.34. The molecular weight excluding hydrogens is 332 g/mol. The van der Waals surface area contributed by atoms with Crippen molar-refractivity contribution in [3.8, 4) is 5.75 Å². The van der Waals surface area contributed by atoms with Crippen molar-refractivity contribution < 1.29 is 19.1 Å². The van der Waals surface area contributed by atoms with Crippen molar-refractivity contribution in [3.63, 3.8) is 0 Å². The van der Waals surface area contributed by atoms with Crippen molar-refractivity contribution in [3.05, 3.63) is 35.5 Å². The average molecular weight is 358 g/mol. The standard InChI is InChI=1S/C20H26N2O4/c1-14(2)26-16-8-6-15(7-9-16)17-18(21-10-4-5-11-21)20(24)22(19(17)23)12-13-25-3/h6-9,14H,4-5,10-13H2,1-3H3. The van der Waals surface area contributed by atoms with Crippen LogP contribution < -0.4 is 4.74 Å². The number of imide groups is 1. The van der Waals surface area contributed by atoms with E-state index in [0.29, 0.717) is 17.9 Å². The zero-order valence-corrected chi connectivity index (χ0v) is 15.7. The van der Waals surface area contributed by atoms with Gasteiger partial charge in [-0.25, -0.2) is 0 Å². The molecule has 1 fully saturated rings. The van der Waals surface area contributed by atoms with Gasteiger partial charge in [0.2, 0.25) is 0 Å². The molecule has 0 spiro atoms. The van der Waals surface area contributed by atoms with Gasteiger partial charge in [0.05, 0.1) is 24.8 Å². The maximum atomic E-state index is 13.0. The highest BCUT2D eigenvalue weighted by Crippen LogP contribution is 2.34. The Morgan fingerprint density at radius 3 is 2.27 bits per heavy atom. The van der Waals surface area contributed by atoms with Crippen LogP contribution in [0.1, 0.15) is 32.3 Å². The van der Waals surface area contributed by atoms with Crippen LogP contribution in [0.4, 0.5) is 0 Å². The van der Waals surface area contributed by atoms with Gasteiger partial charge in [-0.1, -0.05) is 12.1 Å². The molecule has 140 valence electrons. The lowest BCUT2D eigenvalue weighted by molar-refractivity contribution is -0.138. The topological polar surface area (TPSA) is 59.1 Å². The van der Waals surface area contributed by atoms with Crippen LogP contribution in [0.15, 0.2) is 30.0 Å². The largest absolute Gasteiger partial charge is 0.491 e. The molecule has 0 atom stereocenters. The smallest absolute Gasteiger partial charge is 0.277 e. The van der Waals surface area contributed by atoms with E-state index in [2.05, 4.69) is 0 Å². The molecule has 2 amide bonds. The maximum absolute atomic E-state index is 13.0. The predicted molar refractivity (Wildman–Crippen MR) is 98.5 cm³/mol. The van der Waals surface area contributed by atoms with E-state index in [1.165, 1.54) is 4.90 Å². The number of methoxy groups -OCH3 is 1. The maximum Gasteiger partial charge on any atom is 0.277 e. The van der Waals surface area contributed by atoms with Crippen molar-refractivity contribution in [2.24, 2.45) is 0 Å². The van der Waals surface area contributed by atoms with Crippen molar-refractivity contribution in [1.29, 1.82) is 0 Å². The molecule has 6 nitrogen and oxygen atoms in total. The number of carbonyl (C=O) groups is 2. The molecule has 1 saturated heterocycles. The Balaban J connectivity index is 1.95. The zero-order chi connectivity index (χ0) is 18.7. The second-order valence-electron chi connectivity index (χ2n) is 6.86. The summed E-state index contributed by atoms with van der Waals surface area (Å²) in [6.45, 7) is 6.15. The molecule has 3 rings (SSSR count). The van der Waals surface area contributed by atoms with E-state index in [0.717, 1.165) is 37.2 Å². The summed E-state index contributed by atoms with van der Waals surface area (Å²) in [6, 6.07) is 7.40. The van der Waals surface area contributed by atoms with Gasteiger partial charge in [0.1, 0.15) is 11.4 Å². The second kappa shape index (κ2) is 7.91. The third-order valence-corrected chi connectivity index (χ3v) is 4.60. The lowest BCUT2D eigenvalue weighted by atomic mass is 10.0. The summed E-state index contributed by atoms with van der Waals surface area (Å²) in [5.41, 5.74) is 1.77. The molecule has 0 N–H and O–H groups in total. The number of carbonyl (C=O) groups excluding carboxylic acids is 2. The molecule has 2 aliphatic heterocycles. The van der Waals surface area contributed by atoms with Gasteiger partial charge in [-0.3, -0.25) is 14.5 Å². The molecule has 1 aromatic rings. The van der Waals surface area contributed by atoms with Gasteiger partial charge in [-0.05, 0) is 44.4 Å². The van der Waals surface area contributed by atoms with Crippen LogP contribution >= 0.6 is 0 Å². The molecule has 1 aromatic carbocycles. The first-order chi connectivity index (χ1) is 12.5. The number of hydrogen-bond donors (Lipinski definition) is 0. The third kappa shape index (κ3) is 3.60. The summed E-state index contributed by atoms with van der Waals surface area (Å²) in [4.78, 5) is 29.3. The monoisotopic (exact) mass is 358 g/mol. The van der Waals surface area contributed by atoms with Gasteiger partial charge < -0.3 is 14.4 Å². The van der Waals surface area contributed by atoms with E-state index in [9.17, 15) is 9.59 Å². The first-order valence-electron chi connectivity index (χ1n) is 9.14. The van der Waals surface area contributed by atoms with Crippen LogP contribution in [-0.4, -0.2) is 61.1 Å². The fourth-order valence-corrected chi connectivity index (χ4v) is 3.42. The molecule has 0 aliphatic carbocycles. The Morgan fingerprint density at radius 1 is 1.04 bits per heavy atom. The molecule has 0 aromatic heterocycles. The number of amides is 2. The number of nitrogens with zero attached hydrogens (tertiary/aromatic N) is 2. The summed E-state index contributed by atoms with van der Waals surface area (Å²) in [7, 11) is 1.56. The lowest BCUT2D eigenvalue weighted by Crippen LogP contribution is -2.36. The summed E-state index contributed by atoms with van der Waals surface area (Å²) in [5.74, 6) is 0.290. The highest BCUT2D eigenvalue weighted by molar-refractivity contribution is 6.35. The van der Waals surface area contributed by atoms with Crippen LogP contribution in [0.2, 0.25) is 0 Å². The molecule has 0 radical (unpaired) electrons. The van der Waals surface area contributed by atoms with Gasteiger partial charge in [0.15, 0.2) is 0 Å². The quantitative estimate of drug-likeness (QED) is 0.700. The average Bonchev–Trinajstić information content (AvgIpc) is 3.21. The normalized spacial score (nSPS) is 17.8. The van der Waals surface area contributed by atoms with Crippen molar-refractivity contribution >= 4 is 17.4 Å². The van der Waals surface area contributed by atoms with E-state index in [1.54, 1.807) is 7.11 Å². The van der Waals surface area contributed by atoms with Crippen LogP contribution in [0.25, 0.3) is 5.57 Å². The summed E-state index contributed by atoms with van der Waals surface area (Å²) in [6.07, 6.45) is 2.16. The molecular formula is C20H26N2O4. The van der Waals surface area contributed by atoms with Crippen LogP contribution in [0.3, 0.4) is 0 Å². The van der Waals surface area contributed by atoms with Crippen LogP contribution in [-0.2, 0) is 14.3 Å². The van der Waals surface area contributed by atoms with E-state index in [1.807, 2.05) is 43.0 Å². The van der Waals surface area contributed by atoms with Gasteiger partial charge >= 0.3 is 0 Å². The molecule has 6 heteroatoms. The first kappa shape index (κ1) is 18.5. The number of ether oxygens (including phenoxy) is 2. The summed E-state index contributed by atoms with van der Waals surface area (Å²) >= 11 is 0. The first-order valence-corrected chi connectivity index (χ1v) is 9.14. The summed E-state index contributed by atoms with van der Waals surface area (Å²) < 4.78 is 10.7. The van der Waals surface area contributed by atoms with E-state index < -0.39 is 0 Å². The predicted octanol–water partition coefficient (Wildman–Crippen LogP) is 2.30. The minimum Gasteiger partial charge on any atom is -0.491 e. The fourth-order valence-electron chi connectivity index (χ4n) is 3.42. The van der Waals surface area contributed by atoms with Gasteiger partial charge in [-0.2, -0.15) is 0 Å². The van der Waals surface area contributed by atoms with Crippen molar-refractivity contribution in [1.82, 2.24) is 9.80 Å². The van der Waals surface area contributed by atoms with Crippen molar-refractivity contribution in [2.75, 3.05) is 33.4 Å². The minimum atomic E-state index is -0.244. The highest BCUT2D eigenvalue weighted by Gasteiger charge is 2.41. The third-order valence-electron chi connectivity index (χ3n) is 4.60. The Morgan fingerprint density at radius 2 is 1.69 bits per heavy atom. The molecule has 26 heavy (non-hydrogen) atoms. The van der Waals surface area contributed by atoms with Gasteiger partial charge in [-0.15, -0.1) is 0 Å². The minimum absolute atomic E-state index is 0.0828. The Kier molecular flexibility index (Phi) is 5.61. The molecule has 0 unspecified atom stereocenters. The van der Waals surface area contributed by atoms with Crippen LogP contribution in [0, 0.1) is 0 Å². The zero-order valence-electron chi connectivity index (χ0n) is 15.7. The molecule has 2 aliphatic rings. The van der Waals surface area contributed by atoms with E-state index in [-0.39, 0.29) is 24.5 Å². The summed E-state index contributed by atoms with van der Waals surface area (Å²) in [5, 5.41) is 0. The van der Waals surface area contributed by atoms with E-state index >= 15 is 0 Å². The van der Waals surface area contributed by atoms with Crippen molar-refractivity contribution in [2.45, 2.75) is 32.8 Å². The number of benzene rings is 1. The molecule has 0 bridgehead atoms. The number of likely N-dealkylation sites (tertiary alicyclic amines) is 1. The number of rotatable bonds is 7. The lowest BCUT2D eigenvalue weighted by Gasteiger charge is -2.20. The fraction of sp³-hybridized carbons (Fsp3) is 0.500. The molecule has 2 heterocycles. The number of hydrogen-bond acceptors (Lipinski definition) is 5. The Bertz CT molecular complexity index is 703. The van der Waals surface area contributed by atoms with Gasteiger partial charge in [0.25, 0.3) is 11.8 Å². The second-order valence-corrected chi connectivity index (χ2v) is 6.86. The van der Waals surface area contributed by atoms with Crippen LogP contribution in [0.5, 0.6) is 5.75 Å². The van der Waals surface area contributed by atoms with Gasteiger partial charge in [0, 0.05) is 20.2 Å². The van der Waals surface area contributed by atoms with E-state index in [4.69, 9.17) is 9.47 Å². The Labute approximate surface area is 154 Å². The molecule has 0 saturated carbocycles.